The number of H-pyrrole nitrogens is 2. The summed E-state index contributed by atoms with van der Waals surface area (Å²) in [5, 5.41) is 9.49. The van der Waals surface area contributed by atoms with Gasteiger partial charge in [0.15, 0.2) is 0 Å². The standard InChI is InChI=1S/C28H24FN7O/c1-36(2)6-7-37-20-9-18(12-30-13-20)24-11-22-27(16-32-24)34-35-28(22)25-10-21-23(14-31-15-26(21)33-25)17-4-3-5-19(29)8-17/h3-5,8-16,33H,6-7H2,1-2H3,(H,34,35). The van der Waals surface area contributed by atoms with Gasteiger partial charge in [0.1, 0.15) is 23.9 Å². The number of nitrogens with one attached hydrogen (secondary N) is 2. The molecule has 184 valence electrons. The summed E-state index contributed by atoms with van der Waals surface area (Å²) < 4.78 is 19.7. The first kappa shape index (κ1) is 22.8. The van der Waals surface area contributed by atoms with Crippen LogP contribution in [0.4, 0.5) is 4.39 Å². The molecular weight excluding hydrogens is 469 g/mol. The number of hydrogen-bond donors (Lipinski definition) is 2. The van der Waals surface area contributed by atoms with Gasteiger partial charge in [-0.25, -0.2) is 4.39 Å². The molecule has 8 nitrogen and oxygen atoms in total. The number of ether oxygens (including phenoxy) is 1. The predicted molar refractivity (Wildman–Crippen MR) is 142 cm³/mol. The van der Waals surface area contributed by atoms with Crippen molar-refractivity contribution in [2.24, 2.45) is 0 Å². The maximum atomic E-state index is 13.9. The van der Waals surface area contributed by atoms with E-state index in [-0.39, 0.29) is 5.82 Å². The average molecular weight is 494 g/mol. The molecule has 5 heterocycles. The summed E-state index contributed by atoms with van der Waals surface area (Å²) >= 11 is 0. The van der Waals surface area contributed by atoms with Crippen LogP contribution < -0.4 is 4.74 Å². The lowest BCUT2D eigenvalue weighted by Gasteiger charge is -2.11. The van der Waals surface area contributed by atoms with E-state index < -0.39 is 0 Å². The number of pyridine rings is 3. The third-order valence-corrected chi connectivity index (χ3v) is 6.20. The molecule has 37 heavy (non-hydrogen) atoms. The number of nitrogens with zero attached hydrogens (tertiary/aromatic N) is 5. The Balaban J connectivity index is 1.38. The van der Waals surface area contributed by atoms with Gasteiger partial charge in [-0.05, 0) is 50.0 Å². The van der Waals surface area contributed by atoms with Gasteiger partial charge in [-0.1, -0.05) is 12.1 Å². The van der Waals surface area contributed by atoms with Crippen LogP contribution in [-0.4, -0.2) is 62.3 Å². The van der Waals surface area contributed by atoms with Crippen LogP contribution in [0.2, 0.25) is 0 Å². The van der Waals surface area contributed by atoms with Gasteiger partial charge in [-0.15, -0.1) is 0 Å². The summed E-state index contributed by atoms with van der Waals surface area (Å²) in [5.41, 5.74) is 6.46. The van der Waals surface area contributed by atoms with Crippen molar-refractivity contribution in [1.82, 2.24) is 35.0 Å². The number of aromatic amines is 2. The van der Waals surface area contributed by atoms with Gasteiger partial charge in [0.05, 0.1) is 41.0 Å². The lowest BCUT2D eigenvalue weighted by Crippen LogP contribution is -2.19. The van der Waals surface area contributed by atoms with Gasteiger partial charge in [0, 0.05) is 40.8 Å². The molecule has 9 heteroatoms. The molecule has 0 unspecified atom stereocenters. The first-order chi connectivity index (χ1) is 18.0. The molecule has 0 amide bonds. The summed E-state index contributed by atoms with van der Waals surface area (Å²) in [6.45, 7) is 1.39. The fourth-order valence-electron chi connectivity index (χ4n) is 4.33. The molecule has 2 N–H and O–H groups in total. The smallest absolute Gasteiger partial charge is 0.138 e. The quantitative estimate of drug-likeness (QED) is 0.313. The van der Waals surface area contributed by atoms with E-state index in [0.29, 0.717) is 12.4 Å². The van der Waals surface area contributed by atoms with Crippen molar-refractivity contribution in [3.63, 3.8) is 0 Å². The largest absolute Gasteiger partial charge is 0.491 e. The van der Waals surface area contributed by atoms with Gasteiger partial charge in [0.25, 0.3) is 0 Å². The zero-order valence-electron chi connectivity index (χ0n) is 20.4. The minimum absolute atomic E-state index is 0.287. The Bertz CT molecular complexity index is 1720. The van der Waals surface area contributed by atoms with Crippen LogP contribution in [-0.2, 0) is 0 Å². The highest BCUT2D eigenvalue weighted by Crippen LogP contribution is 2.34. The van der Waals surface area contributed by atoms with E-state index in [1.54, 1.807) is 37.1 Å². The molecule has 0 saturated heterocycles. The first-order valence-electron chi connectivity index (χ1n) is 11.9. The van der Waals surface area contributed by atoms with Crippen molar-refractivity contribution >= 4 is 21.8 Å². The van der Waals surface area contributed by atoms with Gasteiger partial charge in [0.2, 0.25) is 0 Å². The minimum Gasteiger partial charge on any atom is -0.491 e. The summed E-state index contributed by atoms with van der Waals surface area (Å²) in [4.78, 5) is 18.8. The molecule has 0 aliphatic carbocycles. The SMILES string of the molecule is CN(C)CCOc1cncc(-c2cc3c(-c4cc5c(-c6cccc(F)c6)cncc5[nH]4)n[nH]c3cn2)c1. The molecule has 1 aromatic carbocycles. The Morgan fingerprint density at radius 2 is 1.78 bits per heavy atom. The second-order valence-electron chi connectivity index (χ2n) is 9.09. The maximum absolute atomic E-state index is 13.9. The van der Waals surface area contributed by atoms with Gasteiger partial charge in [-0.2, -0.15) is 5.10 Å². The molecule has 0 aliphatic rings. The normalized spacial score (nSPS) is 11.6. The number of fused-ring (bicyclic) bond motifs is 2. The second-order valence-corrected chi connectivity index (χ2v) is 9.09. The highest BCUT2D eigenvalue weighted by molar-refractivity contribution is 6.01. The monoisotopic (exact) mass is 493 g/mol. The average Bonchev–Trinajstić information content (AvgIpc) is 3.52. The lowest BCUT2D eigenvalue weighted by molar-refractivity contribution is 0.261. The van der Waals surface area contributed by atoms with Crippen molar-refractivity contribution < 1.29 is 9.13 Å². The van der Waals surface area contributed by atoms with Crippen LogP contribution >= 0.6 is 0 Å². The highest BCUT2D eigenvalue weighted by atomic mass is 19.1. The number of halogens is 1. The molecule has 0 bridgehead atoms. The molecule has 6 aromatic rings. The molecule has 0 atom stereocenters. The van der Waals surface area contributed by atoms with E-state index in [4.69, 9.17) is 4.74 Å². The third kappa shape index (κ3) is 4.52. The molecular formula is C28H24FN7O. The Morgan fingerprint density at radius 3 is 2.65 bits per heavy atom. The topological polar surface area (TPSA) is 95.6 Å². The Morgan fingerprint density at radius 1 is 0.892 bits per heavy atom. The van der Waals surface area contributed by atoms with Crippen LogP contribution in [0.25, 0.3) is 55.6 Å². The fourth-order valence-corrected chi connectivity index (χ4v) is 4.33. The number of likely N-dealkylation sites (N-methyl/N-ethyl adjacent to an activating group) is 1. The minimum atomic E-state index is -0.287. The molecule has 5 aromatic heterocycles. The zero-order valence-corrected chi connectivity index (χ0v) is 20.4. The van der Waals surface area contributed by atoms with Crippen molar-refractivity contribution in [3.05, 3.63) is 79.3 Å². The van der Waals surface area contributed by atoms with Gasteiger partial charge < -0.3 is 14.6 Å². The van der Waals surface area contributed by atoms with Gasteiger partial charge >= 0.3 is 0 Å². The highest BCUT2D eigenvalue weighted by Gasteiger charge is 2.15. The van der Waals surface area contributed by atoms with Crippen molar-refractivity contribution in [1.29, 1.82) is 0 Å². The predicted octanol–water partition coefficient (Wildman–Crippen LogP) is 5.31. The number of aromatic nitrogens is 6. The molecule has 0 aliphatic heterocycles. The van der Waals surface area contributed by atoms with Crippen molar-refractivity contribution in [2.45, 2.75) is 0 Å². The Labute approximate surface area is 212 Å². The van der Waals surface area contributed by atoms with E-state index in [0.717, 1.165) is 62.1 Å². The van der Waals surface area contributed by atoms with E-state index in [1.807, 2.05) is 38.4 Å². The first-order valence-corrected chi connectivity index (χ1v) is 11.9. The molecule has 0 spiro atoms. The second kappa shape index (κ2) is 9.44. The molecule has 0 saturated carbocycles. The van der Waals surface area contributed by atoms with Crippen LogP contribution in [0, 0.1) is 5.82 Å². The van der Waals surface area contributed by atoms with E-state index in [1.165, 1.54) is 12.1 Å². The summed E-state index contributed by atoms with van der Waals surface area (Å²) in [5.74, 6) is 0.409. The van der Waals surface area contributed by atoms with Crippen molar-refractivity contribution in [2.75, 3.05) is 27.2 Å². The Hall–Kier alpha value is -4.63. The van der Waals surface area contributed by atoms with E-state index in [2.05, 4.69) is 35.0 Å². The molecule has 6 rings (SSSR count). The zero-order chi connectivity index (χ0) is 25.4. The molecule has 0 fully saturated rings. The van der Waals surface area contributed by atoms with Gasteiger partial charge in [-0.3, -0.25) is 20.1 Å². The van der Waals surface area contributed by atoms with Crippen LogP contribution in [0.5, 0.6) is 5.75 Å². The third-order valence-electron chi connectivity index (χ3n) is 6.20. The molecule has 0 radical (unpaired) electrons. The number of hydrogen-bond acceptors (Lipinski definition) is 6. The van der Waals surface area contributed by atoms with E-state index >= 15 is 0 Å². The summed E-state index contributed by atoms with van der Waals surface area (Å²) in [6.07, 6.45) is 8.75. The Kier molecular flexibility index (Phi) is 5.82. The summed E-state index contributed by atoms with van der Waals surface area (Å²) in [7, 11) is 4.01. The van der Waals surface area contributed by atoms with Crippen molar-refractivity contribution in [3.8, 4) is 39.5 Å². The van der Waals surface area contributed by atoms with Crippen LogP contribution in [0.1, 0.15) is 0 Å². The van der Waals surface area contributed by atoms with E-state index in [9.17, 15) is 4.39 Å². The number of benzene rings is 1. The number of rotatable bonds is 7. The van der Waals surface area contributed by atoms with Crippen LogP contribution in [0.3, 0.4) is 0 Å². The summed E-state index contributed by atoms with van der Waals surface area (Å²) in [6, 6.07) is 12.5. The van der Waals surface area contributed by atoms with Crippen LogP contribution in [0.15, 0.2) is 73.4 Å². The maximum Gasteiger partial charge on any atom is 0.138 e. The fraction of sp³-hybridized carbons (Fsp3) is 0.143. The lowest BCUT2D eigenvalue weighted by atomic mass is 10.0.